The minimum Gasteiger partial charge on any atom is -0.448 e. The number of nitrogen functional groups attached to an aromatic ring is 1. The molecule has 0 spiro atoms. The topological polar surface area (TPSA) is 123 Å². The van der Waals surface area contributed by atoms with Crippen LogP contribution in [0.2, 0.25) is 0 Å². The van der Waals surface area contributed by atoms with Gasteiger partial charge in [-0.1, -0.05) is 24.3 Å². The maximum Gasteiger partial charge on any atom is 0.297 e. The molecule has 0 saturated carbocycles. The fourth-order valence-corrected chi connectivity index (χ4v) is 4.55. The maximum atomic E-state index is 12.9. The normalized spacial score (nSPS) is 14.8. The molecule has 176 valence electrons. The second-order valence-corrected chi connectivity index (χ2v) is 8.65. The van der Waals surface area contributed by atoms with E-state index in [1.165, 1.54) is 10.9 Å². The first-order valence-corrected chi connectivity index (χ1v) is 11.4. The molecule has 0 radical (unpaired) electrons. The summed E-state index contributed by atoms with van der Waals surface area (Å²) in [6, 6.07) is 15.0. The number of hydrogen-bond acceptors (Lipinski definition) is 8. The van der Waals surface area contributed by atoms with Gasteiger partial charge in [0.05, 0.1) is 18.4 Å². The van der Waals surface area contributed by atoms with Crippen LogP contribution < -0.4 is 11.3 Å². The predicted molar refractivity (Wildman–Crippen MR) is 132 cm³/mol. The zero-order chi connectivity index (χ0) is 23.9. The third-order valence-corrected chi connectivity index (χ3v) is 6.43. The lowest BCUT2D eigenvalue weighted by Crippen LogP contribution is -2.49. The molecule has 0 bridgehead atoms. The summed E-state index contributed by atoms with van der Waals surface area (Å²) >= 11 is 0. The Hall–Kier alpha value is -4.31. The van der Waals surface area contributed by atoms with E-state index >= 15 is 0 Å². The van der Waals surface area contributed by atoms with Crippen LogP contribution in [0.3, 0.4) is 0 Å². The minimum absolute atomic E-state index is 0.0802. The van der Waals surface area contributed by atoms with Crippen LogP contribution >= 0.6 is 0 Å². The smallest absolute Gasteiger partial charge is 0.297 e. The van der Waals surface area contributed by atoms with Gasteiger partial charge in [-0.25, -0.2) is 15.0 Å². The number of amides is 1. The molecule has 0 aliphatic carbocycles. The van der Waals surface area contributed by atoms with Crippen LogP contribution in [0.1, 0.15) is 5.82 Å². The number of aromatic nitrogens is 4. The Bertz CT molecular complexity index is 1630. The van der Waals surface area contributed by atoms with E-state index in [1.807, 2.05) is 42.5 Å². The number of carbonyl (C=O) groups is 1. The van der Waals surface area contributed by atoms with E-state index in [0.29, 0.717) is 55.5 Å². The van der Waals surface area contributed by atoms with Gasteiger partial charge < -0.3 is 15.1 Å². The number of hydrogen-bond donors (Lipinski definition) is 1. The lowest BCUT2D eigenvalue weighted by Gasteiger charge is -2.34. The van der Waals surface area contributed by atoms with Crippen LogP contribution in [0.5, 0.6) is 0 Å². The van der Waals surface area contributed by atoms with Crippen molar-refractivity contribution >= 4 is 44.7 Å². The quantitative estimate of drug-likeness (QED) is 0.424. The average molecular weight is 470 g/mol. The number of nitrogens with zero attached hydrogens (tertiary/aromatic N) is 6. The Morgan fingerprint density at radius 3 is 2.54 bits per heavy atom. The van der Waals surface area contributed by atoms with Gasteiger partial charge >= 0.3 is 0 Å². The number of fused-ring (bicyclic) bond motifs is 4. The molecular weight excluding hydrogens is 446 g/mol. The molecule has 1 aliphatic heterocycles. The van der Waals surface area contributed by atoms with Crippen molar-refractivity contribution in [1.82, 2.24) is 29.3 Å². The molecule has 10 heteroatoms. The van der Waals surface area contributed by atoms with Crippen molar-refractivity contribution in [2.45, 2.75) is 13.1 Å². The molecule has 6 rings (SSSR count). The lowest BCUT2D eigenvalue weighted by atomic mass is 10.2. The Balaban J connectivity index is 1.12. The monoisotopic (exact) mass is 469 g/mol. The van der Waals surface area contributed by atoms with E-state index in [9.17, 15) is 9.59 Å². The van der Waals surface area contributed by atoms with Gasteiger partial charge in [0, 0.05) is 37.0 Å². The van der Waals surface area contributed by atoms with Crippen molar-refractivity contribution in [3.63, 3.8) is 0 Å². The highest BCUT2D eigenvalue weighted by atomic mass is 16.3. The maximum absolute atomic E-state index is 12.9. The third-order valence-electron chi connectivity index (χ3n) is 6.43. The first-order valence-electron chi connectivity index (χ1n) is 11.4. The molecule has 0 unspecified atom stereocenters. The van der Waals surface area contributed by atoms with Gasteiger partial charge in [-0.15, -0.1) is 0 Å². The SMILES string of the molecule is Nc1nc(CN2CCN(C(=O)Cn3cnc4c(oc5ccccc54)c3=O)CC2)nc2ccccc12. The summed E-state index contributed by atoms with van der Waals surface area (Å²) in [7, 11) is 0. The van der Waals surface area contributed by atoms with Gasteiger partial charge in [-0.2, -0.15) is 0 Å². The second-order valence-electron chi connectivity index (χ2n) is 8.65. The molecule has 0 atom stereocenters. The van der Waals surface area contributed by atoms with Crippen LogP contribution in [0.4, 0.5) is 5.82 Å². The average Bonchev–Trinajstić information content (AvgIpc) is 3.26. The Morgan fingerprint density at radius 1 is 0.971 bits per heavy atom. The summed E-state index contributed by atoms with van der Waals surface area (Å²) in [6.07, 6.45) is 1.42. The molecule has 1 amide bonds. The summed E-state index contributed by atoms with van der Waals surface area (Å²) in [4.78, 5) is 43.3. The second kappa shape index (κ2) is 8.48. The van der Waals surface area contributed by atoms with Crippen molar-refractivity contribution in [3.8, 4) is 0 Å². The number of rotatable bonds is 4. The number of carbonyl (C=O) groups excluding carboxylic acids is 1. The highest BCUT2D eigenvalue weighted by Crippen LogP contribution is 2.24. The fourth-order valence-electron chi connectivity index (χ4n) is 4.55. The van der Waals surface area contributed by atoms with Crippen molar-refractivity contribution in [1.29, 1.82) is 0 Å². The molecule has 1 aliphatic rings. The van der Waals surface area contributed by atoms with Crippen LogP contribution in [0, 0.1) is 0 Å². The van der Waals surface area contributed by atoms with E-state index < -0.39 is 0 Å². The largest absolute Gasteiger partial charge is 0.448 e. The van der Waals surface area contributed by atoms with E-state index in [2.05, 4.69) is 19.9 Å². The number of furan rings is 1. The van der Waals surface area contributed by atoms with Crippen molar-refractivity contribution < 1.29 is 9.21 Å². The van der Waals surface area contributed by atoms with E-state index in [4.69, 9.17) is 10.2 Å². The van der Waals surface area contributed by atoms with Gasteiger partial charge in [-0.3, -0.25) is 19.1 Å². The van der Waals surface area contributed by atoms with Crippen molar-refractivity contribution in [3.05, 3.63) is 71.0 Å². The summed E-state index contributed by atoms with van der Waals surface area (Å²) in [5.41, 5.74) is 7.85. The van der Waals surface area contributed by atoms with Crippen LogP contribution in [-0.4, -0.2) is 61.4 Å². The highest BCUT2D eigenvalue weighted by molar-refractivity contribution is 6.01. The molecule has 35 heavy (non-hydrogen) atoms. The summed E-state index contributed by atoms with van der Waals surface area (Å²) < 4.78 is 7.02. The van der Waals surface area contributed by atoms with Gasteiger partial charge in [0.25, 0.3) is 5.56 Å². The zero-order valence-electron chi connectivity index (χ0n) is 18.9. The number of nitrogens with two attached hydrogens (primary N) is 1. The van der Waals surface area contributed by atoms with Crippen LogP contribution in [0.25, 0.3) is 33.0 Å². The number of anilines is 1. The lowest BCUT2D eigenvalue weighted by molar-refractivity contribution is -0.133. The summed E-state index contributed by atoms with van der Waals surface area (Å²) in [5, 5.41) is 1.63. The molecule has 2 aromatic carbocycles. The molecule has 1 saturated heterocycles. The summed E-state index contributed by atoms with van der Waals surface area (Å²) in [5.74, 6) is 1.01. The summed E-state index contributed by atoms with van der Waals surface area (Å²) in [6.45, 7) is 2.94. The first-order chi connectivity index (χ1) is 17.1. The van der Waals surface area contributed by atoms with Crippen molar-refractivity contribution in [2.75, 3.05) is 31.9 Å². The van der Waals surface area contributed by atoms with Gasteiger partial charge in [0.1, 0.15) is 29.3 Å². The minimum atomic E-state index is -0.357. The van der Waals surface area contributed by atoms with Crippen LogP contribution in [-0.2, 0) is 17.9 Å². The van der Waals surface area contributed by atoms with Gasteiger partial charge in [0.15, 0.2) is 0 Å². The molecule has 10 nitrogen and oxygen atoms in total. The molecule has 4 heterocycles. The van der Waals surface area contributed by atoms with E-state index in [0.717, 1.165) is 16.3 Å². The number of benzene rings is 2. The molecule has 5 aromatic rings. The Morgan fingerprint density at radius 2 is 1.71 bits per heavy atom. The molecule has 3 aromatic heterocycles. The molecular formula is C25H23N7O3. The van der Waals surface area contributed by atoms with E-state index in [1.54, 1.807) is 11.0 Å². The standard InChI is InChI=1S/C25H23N7O3/c26-24-16-5-1-3-7-18(16)28-20(29-24)13-30-9-11-31(12-10-30)21(33)14-32-15-27-22-17-6-2-4-8-19(17)35-23(22)25(32)34/h1-8,15H,9-14H2,(H2,26,28,29). The highest BCUT2D eigenvalue weighted by Gasteiger charge is 2.23. The van der Waals surface area contributed by atoms with Crippen molar-refractivity contribution in [2.24, 2.45) is 0 Å². The predicted octanol–water partition coefficient (Wildman–Crippen LogP) is 2.01. The zero-order valence-corrected chi connectivity index (χ0v) is 18.9. The third kappa shape index (κ3) is 3.87. The molecule has 1 fully saturated rings. The fraction of sp³-hybridized carbons (Fsp3) is 0.240. The van der Waals surface area contributed by atoms with Gasteiger partial charge in [-0.05, 0) is 24.3 Å². The Kier molecular flexibility index (Phi) is 5.14. The Labute approximate surface area is 199 Å². The number of piperazine rings is 1. The van der Waals surface area contributed by atoms with Gasteiger partial charge in [0.2, 0.25) is 11.5 Å². The molecule has 2 N–H and O–H groups in total. The van der Waals surface area contributed by atoms with E-state index in [-0.39, 0.29) is 23.6 Å². The first kappa shape index (κ1) is 21.2. The number of para-hydroxylation sites is 2. The van der Waals surface area contributed by atoms with Crippen LogP contribution in [0.15, 0.2) is 64.1 Å².